The van der Waals surface area contributed by atoms with Crippen LogP contribution in [-0.2, 0) is 25.6 Å². The van der Waals surface area contributed by atoms with Crippen LogP contribution in [0.5, 0.6) is 0 Å². The predicted octanol–water partition coefficient (Wildman–Crippen LogP) is 4.08. The Hall–Kier alpha value is -3.12. The number of rotatable bonds is 9. The van der Waals surface area contributed by atoms with Gasteiger partial charge in [-0.15, -0.1) is 0 Å². The number of hydrogen-bond acceptors (Lipinski definition) is 6. The fourth-order valence-corrected chi connectivity index (χ4v) is 6.55. The number of anilines is 2. The van der Waals surface area contributed by atoms with Crippen molar-refractivity contribution in [3.8, 4) is 0 Å². The van der Waals surface area contributed by atoms with Crippen LogP contribution >= 0.6 is 0 Å². The number of carbonyl (C=O) groups is 2. The minimum absolute atomic E-state index is 0.0736. The zero-order valence-electron chi connectivity index (χ0n) is 22.2. The first-order chi connectivity index (χ1) is 18.2. The topological polar surface area (TPSA) is 122 Å². The van der Waals surface area contributed by atoms with E-state index >= 15 is 0 Å². The summed E-state index contributed by atoms with van der Waals surface area (Å²) in [5.74, 6) is -2.06. The highest BCUT2D eigenvalue weighted by molar-refractivity contribution is 7.91. The average molecular weight is 569 g/mol. The Morgan fingerprint density at radius 2 is 1.74 bits per heavy atom. The molecule has 1 aliphatic rings. The molecule has 2 aromatic carbocycles. The van der Waals surface area contributed by atoms with Crippen LogP contribution in [-0.4, -0.2) is 56.1 Å². The van der Waals surface area contributed by atoms with E-state index in [2.05, 4.69) is 29.4 Å². The van der Waals surface area contributed by atoms with Crippen molar-refractivity contribution in [2.75, 3.05) is 23.9 Å². The van der Waals surface area contributed by atoms with Crippen LogP contribution in [0.4, 0.5) is 24.5 Å². The third-order valence-corrected chi connectivity index (χ3v) is 9.06. The van der Waals surface area contributed by atoms with E-state index in [0.717, 1.165) is 18.6 Å². The number of sulfone groups is 1. The zero-order chi connectivity index (χ0) is 29.0. The second kappa shape index (κ2) is 12.4. The summed E-state index contributed by atoms with van der Waals surface area (Å²) in [6.07, 6.45) is -3.49. The second-order valence-electron chi connectivity index (χ2n) is 10.3. The monoisotopic (exact) mass is 568 g/mol. The smallest absolute Gasteiger partial charge is 0.397 e. The third-order valence-electron chi connectivity index (χ3n) is 7.20. The molecular formula is C27H35F3N4O4S. The molecule has 0 bridgehead atoms. The van der Waals surface area contributed by atoms with E-state index in [9.17, 15) is 31.2 Å². The minimum Gasteiger partial charge on any atom is -0.397 e. The van der Waals surface area contributed by atoms with Crippen LogP contribution in [0.15, 0.2) is 53.4 Å². The fourth-order valence-electron chi connectivity index (χ4n) is 4.85. The number of nitrogens with zero attached hydrogens (tertiary/aromatic N) is 1. The number of amides is 2. The Labute approximate surface area is 227 Å². The number of nitrogens with two attached hydrogens (primary N) is 1. The van der Waals surface area contributed by atoms with E-state index in [-0.39, 0.29) is 34.1 Å². The molecule has 2 amide bonds. The molecular weight excluding hydrogens is 533 g/mol. The number of alkyl halides is 3. The second-order valence-corrected chi connectivity index (χ2v) is 12.3. The maximum atomic E-state index is 13.2. The van der Waals surface area contributed by atoms with E-state index in [0.29, 0.717) is 18.9 Å². The summed E-state index contributed by atoms with van der Waals surface area (Å²) in [5.41, 5.74) is 4.40. The van der Waals surface area contributed by atoms with Gasteiger partial charge in [-0.3, -0.25) is 9.59 Å². The van der Waals surface area contributed by atoms with Crippen LogP contribution in [0.2, 0.25) is 0 Å². The number of nitrogens with one attached hydrogen (secondary N) is 2. The van der Waals surface area contributed by atoms with Crippen molar-refractivity contribution in [3.63, 3.8) is 0 Å². The Balaban J connectivity index is 1.71. The van der Waals surface area contributed by atoms with E-state index < -0.39 is 51.8 Å². The molecule has 1 fully saturated rings. The molecule has 8 nitrogen and oxygen atoms in total. The van der Waals surface area contributed by atoms with Gasteiger partial charge in [0.25, 0.3) is 0 Å². The summed E-state index contributed by atoms with van der Waals surface area (Å²) < 4.78 is 65.4. The molecule has 0 heterocycles. The maximum Gasteiger partial charge on any atom is 0.416 e. The van der Waals surface area contributed by atoms with Crippen LogP contribution < -0.4 is 16.4 Å². The normalized spacial score (nSPS) is 20.2. The number of nitrogen functional groups attached to an aromatic ring is 1. The highest BCUT2D eigenvalue weighted by atomic mass is 32.2. The first-order valence-electron chi connectivity index (χ1n) is 12.7. The van der Waals surface area contributed by atoms with Gasteiger partial charge in [0.1, 0.15) is 6.42 Å². The number of hydrogen-bond donors (Lipinski definition) is 3. The van der Waals surface area contributed by atoms with Crippen LogP contribution in [0, 0.1) is 5.92 Å². The van der Waals surface area contributed by atoms with Crippen molar-refractivity contribution in [2.24, 2.45) is 5.92 Å². The van der Waals surface area contributed by atoms with E-state index in [4.69, 9.17) is 5.73 Å². The quantitative estimate of drug-likeness (QED) is 0.310. The van der Waals surface area contributed by atoms with Crippen LogP contribution in [0.1, 0.15) is 45.1 Å². The van der Waals surface area contributed by atoms with Crippen LogP contribution in [0.25, 0.3) is 0 Å². The molecule has 2 aromatic rings. The lowest BCUT2D eigenvalue weighted by Gasteiger charge is -2.41. The summed E-state index contributed by atoms with van der Waals surface area (Å²) in [7, 11) is -1.65. The summed E-state index contributed by atoms with van der Waals surface area (Å²) in [6.45, 7) is 4.11. The number of halogens is 3. The van der Waals surface area contributed by atoms with Gasteiger partial charge in [-0.1, -0.05) is 18.2 Å². The SMILES string of the molecule is CC(C)N(C)C1CCC(NC(=O)CC(=O)Nc2cc(C(F)(F)F)ccc2N)C(CS(=O)(=O)c2ccccc2)C1. The van der Waals surface area contributed by atoms with Crippen LogP contribution in [0.3, 0.4) is 0 Å². The molecule has 0 radical (unpaired) electrons. The lowest BCUT2D eigenvalue weighted by atomic mass is 9.81. The van der Waals surface area contributed by atoms with Gasteiger partial charge in [-0.2, -0.15) is 13.2 Å². The van der Waals surface area contributed by atoms with Crippen molar-refractivity contribution < 1.29 is 31.2 Å². The van der Waals surface area contributed by atoms with Gasteiger partial charge in [-0.05, 0) is 76.4 Å². The first kappa shape index (κ1) is 30.4. The Morgan fingerprint density at radius 3 is 2.36 bits per heavy atom. The van der Waals surface area contributed by atoms with Crippen molar-refractivity contribution in [2.45, 2.75) is 68.7 Å². The molecule has 39 heavy (non-hydrogen) atoms. The number of benzene rings is 2. The molecule has 12 heteroatoms. The lowest BCUT2D eigenvalue weighted by Crippen LogP contribution is -2.51. The molecule has 1 aliphatic carbocycles. The highest BCUT2D eigenvalue weighted by Crippen LogP contribution is 2.33. The Kier molecular flexibility index (Phi) is 9.65. The highest BCUT2D eigenvalue weighted by Gasteiger charge is 2.37. The third kappa shape index (κ3) is 8.18. The molecule has 0 spiro atoms. The van der Waals surface area contributed by atoms with Gasteiger partial charge in [0.05, 0.1) is 27.6 Å². The van der Waals surface area contributed by atoms with Gasteiger partial charge >= 0.3 is 6.18 Å². The van der Waals surface area contributed by atoms with Gasteiger partial charge in [0.15, 0.2) is 9.84 Å². The summed E-state index contributed by atoms with van der Waals surface area (Å²) in [6, 6.07) is 10.5. The van der Waals surface area contributed by atoms with E-state index in [1.165, 1.54) is 12.1 Å². The molecule has 3 atom stereocenters. The molecule has 0 aromatic heterocycles. The lowest BCUT2D eigenvalue weighted by molar-refractivity contribution is -0.137. The molecule has 214 valence electrons. The molecule has 3 unspecified atom stereocenters. The van der Waals surface area contributed by atoms with Crippen molar-refractivity contribution in [1.29, 1.82) is 0 Å². The predicted molar refractivity (Wildman–Crippen MR) is 144 cm³/mol. The van der Waals surface area contributed by atoms with E-state index in [1.54, 1.807) is 18.2 Å². The molecule has 1 saturated carbocycles. The Morgan fingerprint density at radius 1 is 1.08 bits per heavy atom. The molecule has 0 saturated heterocycles. The van der Waals surface area contributed by atoms with Crippen molar-refractivity contribution in [1.82, 2.24) is 10.2 Å². The van der Waals surface area contributed by atoms with Gasteiger partial charge in [0.2, 0.25) is 11.8 Å². The minimum atomic E-state index is -4.62. The summed E-state index contributed by atoms with van der Waals surface area (Å²) in [5, 5.41) is 5.07. The summed E-state index contributed by atoms with van der Waals surface area (Å²) in [4.78, 5) is 27.7. The largest absolute Gasteiger partial charge is 0.416 e. The van der Waals surface area contributed by atoms with Crippen molar-refractivity contribution >= 4 is 33.0 Å². The molecule has 3 rings (SSSR count). The average Bonchev–Trinajstić information content (AvgIpc) is 2.85. The van der Waals surface area contributed by atoms with Crippen molar-refractivity contribution in [3.05, 3.63) is 54.1 Å². The fraction of sp³-hybridized carbons (Fsp3) is 0.481. The summed E-state index contributed by atoms with van der Waals surface area (Å²) >= 11 is 0. The number of carbonyl (C=O) groups excluding carboxylic acids is 2. The standard InChI is InChI=1S/C27H35F3N4O4S/c1-17(2)34(3)20-10-12-23(18(13-20)16-39(37,38)21-7-5-4-6-8-21)32-25(35)15-26(36)33-24-14-19(27(28,29)30)9-11-22(24)31/h4-9,11,14,17-18,20,23H,10,12-13,15-16,31H2,1-3H3,(H,32,35)(H,33,36). The van der Waals surface area contributed by atoms with Gasteiger partial charge < -0.3 is 21.3 Å². The first-order valence-corrected chi connectivity index (χ1v) is 14.4. The molecule has 0 aliphatic heterocycles. The van der Waals surface area contributed by atoms with E-state index in [1.807, 2.05) is 7.05 Å². The Bertz CT molecular complexity index is 1270. The maximum absolute atomic E-state index is 13.2. The van der Waals surface area contributed by atoms with Gasteiger partial charge in [0, 0.05) is 18.1 Å². The molecule has 4 N–H and O–H groups in total. The van der Waals surface area contributed by atoms with Gasteiger partial charge in [-0.25, -0.2) is 8.42 Å². The zero-order valence-corrected chi connectivity index (χ0v) is 23.0.